The molecule has 0 aromatic heterocycles. The number of methoxy groups -OCH3 is 1. The maximum absolute atomic E-state index is 12.0. The van der Waals surface area contributed by atoms with Crippen molar-refractivity contribution in [2.45, 2.75) is 20.0 Å². The maximum atomic E-state index is 12.0. The second kappa shape index (κ2) is 10.5. The summed E-state index contributed by atoms with van der Waals surface area (Å²) in [6.45, 7) is 1.68. The molecule has 2 aromatic carbocycles. The number of hydrogen-bond donors (Lipinski definition) is 2. The van der Waals surface area contributed by atoms with Crippen molar-refractivity contribution < 1.29 is 19.1 Å². The van der Waals surface area contributed by atoms with Crippen molar-refractivity contribution in [2.75, 3.05) is 12.4 Å². The summed E-state index contributed by atoms with van der Waals surface area (Å²) in [6.07, 6.45) is -0.768. The van der Waals surface area contributed by atoms with Crippen molar-refractivity contribution in [1.82, 2.24) is 5.43 Å². The number of carbonyl (C=O) groups excluding carboxylic acids is 2. The lowest BCUT2D eigenvalue weighted by molar-refractivity contribution is -0.115. The molecule has 28 heavy (non-hydrogen) atoms. The van der Waals surface area contributed by atoms with E-state index in [4.69, 9.17) is 32.7 Å². The molecule has 0 aliphatic carbocycles. The van der Waals surface area contributed by atoms with Crippen LogP contribution in [0.5, 0.6) is 5.75 Å². The number of halogens is 2. The molecule has 0 fully saturated rings. The highest BCUT2D eigenvalue weighted by molar-refractivity contribution is 6.35. The molecule has 0 bridgehead atoms. The molecule has 148 valence electrons. The third-order valence-corrected chi connectivity index (χ3v) is 4.05. The minimum atomic E-state index is -0.728. The van der Waals surface area contributed by atoms with E-state index < -0.39 is 6.09 Å². The van der Waals surface area contributed by atoms with Gasteiger partial charge in [0.05, 0.1) is 24.2 Å². The maximum Gasteiger partial charge on any atom is 0.428 e. The number of rotatable bonds is 7. The van der Waals surface area contributed by atoms with E-state index in [1.807, 2.05) is 0 Å². The van der Waals surface area contributed by atoms with Crippen molar-refractivity contribution in [3.05, 3.63) is 58.1 Å². The number of anilines is 1. The summed E-state index contributed by atoms with van der Waals surface area (Å²) < 4.78 is 10.1. The zero-order valence-corrected chi connectivity index (χ0v) is 16.8. The Morgan fingerprint density at radius 3 is 2.50 bits per heavy atom. The fraction of sp³-hybridized carbons (Fsp3) is 0.211. The van der Waals surface area contributed by atoms with Gasteiger partial charge >= 0.3 is 6.09 Å². The fourth-order valence-electron chi connectivity index (χ4n) is 2.10. The average Bonchev–Trinajstić information content (AvgIpc) is 2.68. The molecule has 0 aliphatic rings. The third-order valence-electron chi connectivity index (χ3n) is 3.49. The van der Waals surface area contributed by atoms with Crippen molar-refractivity contribution in [3.63, 3.8) is 0 Å². The number of hydrogen-bond acceptors (Lipinski definition) is 5. The quantitative estimate of drug-likeness (QED) is 0.501. The highest BCUT2D eigenvalue weighted by atomic mass is 35.5. The van der Waals surface area contributed by atoms with Gasteiger partial charge in [0.1, 0.15) is 12.4 Å². The lowest BCUT2D eigenvalue weighted by Gasteiger charge is -2.08. The summed E-state index contributed by atoms with van der Waals surface area (Å²) in [5.74, 6) is 0.365. The highest BCUT2D eigenvalue weighted by Gasteiger charge is 2.09. The van der Waals surface area contributed by atoms with E-state index in [1.54, 1.807) is 56.5 Å². The van der Waals surface area contributed by atoms with Crippen LogP contribution in [0.15, 0.2) is 47.6 Å². The lowest BCUT2D eigenvalue weighted by atomic mass is 10.2. The van der Waals surface area contributed by atoms with Gasteiger partial charge in [0.25, 0.3) is 0 Å². The van der Waals surface area contributed by atoms with E-state index >= 15 is 0 Å². The van der Waals surface area contributed by atoms with Crippen LogP contribution in [0.2, 0.25) is 10.0 Å². The van der Waals surface area contributed by atoms with E-state index in [1.165, 1.54) is 0 Å². The molecule has 0 heterocycles. The summed E-state index contributed by atoms with van der Waals surface area (Å²) in [7, 11) is 1.57. The summed E-state index contributed by atoms with van der Waals surface area (Å²) in [5.41, 5.74) is 3.83. The molecule has 2 rings (SSSR count). The fourth-order valence-corrected chi connectivity index (χ4v) is 2.44. The van der Waals surface area contributed by atoms with E-state index in [0.717, 1.165) is 5.56 Å². The van der Waals surface area contributed by atoms with Crippen molar-refractivity contribution >= 4 is 46.6 Å². The first-order chi connectivity index (χ1) is 13.4. The van der Waals surface area contributed by atoms with Crippen LogP contribution in [0, 0.1) is 0 Å². The Balaban J connectivity index is 1.78. The van der Waals surface area contributed by atoms with E-state index in [9.17, 15) is 9.59 Å². The number of carbonyl (C=O) groups is 2. The van der Waals surface area contributed by atoms with Crippen molar-refractivity contribution in [1.29, 1.82) is 0 Å². The first-order valence-electron chi connectivity index (χ1n) is 8.21. The van der Waals surface area contributed by atoms with Gasteiger partial charge in [0, 0.05) is 10.7 Å². The van der Waals surface area contributed by atoms with Crippen LogP contribution in [-0.2, 0) is 16.1 Å². The predicted octanol–water partition coefficient (Wildman–Crippen LogP) is 4.63. The van der Waals surface area contributed by atoms with Crippen LogP contribution in [0.4, 0.5) is 10.5 Å². The van der Waals surface area contributed by atoms with Gasteiger partial charge in [-0.25, -0.2) is 10.2 Å². The van der Waals surface area contributed by atoms with Crippen LogP contribution < -0.4 is 15.5 Å². The van der Waals surface area contributed by atoms with Crippen molar-refractivity contribution in [2.24, 2.45) is 5.10 Å². The SMILES string of the molecule is COc1ccc(COC(=O)N/N=C(\C)CC(=O)Nc2cc(Cl)ccc2Cl)cc1. The second-order valence-electron chi connectivity index (χ2n) is 5.73. The molecule has 9 heteroatoms. The number of ether oxygens (including phenoxy) is 2. The largest absolute Gasteiger partial charge is 0.497 e. The van der Waals surface area contributed by atoms with Crippen LogP contribution in [0.3, 0.4) is 0 Å². The number of nitrogens with one attached hydrogen (secondary N) is 2. The lowest BCUT2D eigenvalue weighted by Crippen LogP contribution is -2.22. The zero-order valence-electron chi connectivity index (χ0n) is 15.3. The first-order valence-corrected chi connectivity index (χ1v) is 8.96. The molecular formula is C19H19Cl2N3O4. The van der Waals surface area contributed by atoms with Crippen LogP contribution >= 0.6 is 23.2 Å². The molecule has 0 radical (unpaired) electrons. The van der Waals surface area contributed by atoms with Gasteiger partial charge in [0.15, 0.2) is 0 Å². The Kier molecular flexibility index (Phi) is 8.10. The summed E-state index contributed by atoms with van der Waals surface area (Å²) in [5, 5.41) is 7.29. The van der Waals surface area contributed by atoms with Crippen LogP contribution in [0.25, 0.3) is 0 Å². The summed E-state index contributed by atoms with van der Waals surface area (Å²) in [6, 6.07) is 11.9. The zero-order chi connectivity index (χ0) is 20.5. The molecule has 2 amide bonds. The number of nitrogens with zero attached hydrogens (tertiary/aromatic N) is 1. The first kappa shape index (κ1) is 21.5. The molecule has 0 spiro atoms. The molecule has 0 atom stereocenters. The standard InChI is InChI=1S/C19H19Cl2N3O4/c1-12(9-18(25)22-17-10-14(20)5-8-16(17)21)23-24-19(26)28-11-13-3-6-15(27-2)7-4-13/h3-8,10H,9,11H2,1-2H3,(H,22,25)(H,24,26)/b23-12+. The predicted molar refractivity (Wildman–Crippen MR) is 109 cm³/mol. The van der Waals surface area contributed by atoms with Gasteiger partial charge in [-0.2, -0.15) is 5.10 Å². The smallest absolute Gasteiger partial charge is 0.428 e. The number of benzene rings is 2. The molecule has 2 aromatic rings. The molecule has 7 nitrogen and oxygen atoms in total. The Hall–Kier alpha value is -2.77. The van der Waals surface area contributed by atoms with Gasteiger partial charge in [-0.3, -0.25) is 4.79 Å². The molecule has 2 N–H and O–H groups in total. The Morgan fingerprint density at radius 2 is 1.82 bits per heavy atom. The number of amides is 2. The summed E-state index contributed by atoms with van der Waals surface area (Å²) in [4.78, 5) is 23.8. The van der Waals surface area contributed by atoms with E-state index in [0.29, 0.717) is 27.2 Å². The Labute approximate surface area is 172 Å². The van der Waals surface area contributed by atoms with Gasteiger partial charge < -0.3 is 14.8 Å². The second-order valence-corrected chi connectivity index (χ2v) is 6.58. The van der Waals surface area contributed by atoms with E-state index in [2.05, 4.69) is 15.8 Å². The average molecular weight is 424 g/mol. The van der Waals surface area contributed by atoms with Crippen LogP contribution in [-0.4, -0.2) is 24.8 Å². The third kappa shape index (κ3) is 7.09. The van der Waals surface area contributed by atoms with Gasteiger partial charge in [-0.15, -0.1) is 0 Å². The van der Waals surface area contributed by atoms with Crippen LogP contribution in [0.1, 0.15) is 18.9 Å². The van der Waals surface area contributed by atoms with E-state index in [-0.39, 0.29) is 18.9 Å². The van der Waals surface area contributed by atoms with Gasteiger partial charge in [-0.05, 0) is 42.8 Å². The molecule has 0 unspecified atom stereocenters. The van der Waals surface area contributed by atoms with Gasteiger partial charge in [0.2, 0.25) is 5.91 Å². The highest BCUT2D eigenvalue weighted by Crippen LogP contribution is 2.25. The minimum Gasteiger partial charge on any atom is -0.497 e. The Morgan fingerprint density at radius 1 is 1.11 bits per heavy atom. The molecule has 0 saturated carbocycles. The Bertz CT molecular complexity index is 870. The number of hydrazone groups is 1. The normalized spacial score (nSPS) is 10.9. The monoisotopic (exact) mass is 423 g/mol. The molecule has 0 saturated heterocycles. The van der Waals surface area contributed by atoms with Gasteiger partial charge in [-0.1, -0.05) is 35.3 Å². The summed E-state index contributed by atoms with van der Waals surface area (Å²) >= 11 is 11.9. The topological polar surface area (TPSA) is 89.0 Å². The van der Waals surface area contributed by atoms with Crippen molar-refractivity contribution in [3.8, 4) is 5.75 Å². The molecular weight excluding hydrogens is 405 g/mol. The minimum absolute atomic E-state index is 0.0401. The molecule has 0 aliphatic heterocycles.